The molecule has 1 N–H and O–H groups in total. The van der Waals surface area contributed by atoms with Gasteiger partial charge in [0.25, 0.3) is 0 Å². The summed E-state index contributed by atoms with van der Waals surface area (Å²) in [7, 11) is -0.161. The molecule has 0 saturated carbocycles. The minimum Gasteiger partial charge on any atom is -0.497 e. The van der Waals surface area contributed by atoms with Crippen molar-refractivity contribution >= 4 is 15.9 Å². The molecule has 0 aromatic heterocycles. The van der Waals surface area contributed by atoms with Crippen LogP contribution in [0.1, 0.15) is 24.8 Å². The number of ether oxygens (including phenoxy) is 2. The molecule has 7 nitrogen and oxygen atoms in total. The molecule has 1 heterocycles. The highest BCUT2D eigenvalue weighted by Crippen LogP contribution is 2.27. The highest BCUT2D eigenvalue weighted by atomic mass is 32.2. The molecule has 1 fully saturated rings. The predicted molar refractivity (Wildman–Crippen MR) is 99.7 cm³/mol. The largest absolute Gasteiger partial charge is 0.497 e. The van der Waals surface area contributed by atoms with E-state index < -0.39 is 15.6 Å². The van der Waals surface area contributed by atoms with Crippen LogP contribution >= 0.6 is 0 Å². The Morgan fingerprint density at radius 1 is 1.27 bits per heavy atom. The lowest BCUT2D eigenvalue weighted by Gasteiger charge is -2.29. The van der Waals surface area contributed by atoms with Gasteiger partial charge in [0, 0.05) is 33.2 Å². The molecule has 146 valence electrons. The quantitative estimate of drug-likeness (QED) is 0.691. The number of sulfonamides is 1. The third kappa shape index (κ3) is 5.96. The Bertz CT molecular complexity index is 705. The number of benzene rings is 1. The first kappa shape index (κ1) is 20.7. The van der Waals surface area contributed by atoms with Crippen LogP contribution in [-0.4, -0.2) is 64.9 Å². The summed E-state index contributed by atoms with van der Waals surface area (Å²) in [6, 6.07) is 7.65. The molecule has 1 saturated heterocycles. The molecule has 1 unspecified atom stereocenters. The van der Waals surface area contributed by atoms with E-state index in [1.807, 2.05) is 24.3 Å². The average Bonchev–Trinajstić information content (AvgIpc) is 3.01. The monoisotopic (exact) mass is 384 g/mol. The first-order chi connectivity index (χ1) is 12.3. The highest BCUT2D eigenvalue weighted by molar-refractivity contribution is 7.88. The van der Waals surface area contributed by atoms with Crippen LogP contribution in [0.25, 0.3) is 0 Å². The van der Waals surface area contributed by atoms with E-state index in [9.17, 15) is 13.2 Å². The van der Waals surface area contributed by atoms with Crippen molar-refractivity contribution in [2.45, 2.75) is 31.2 Å². The van der Waals surface area contributed by atoms with Gasteiger partial charge in [-0.3, -0.25) is 4.79 Å². The summed E-state index contributed by atoms with van der Waals surface area (Å²) in [5.41, 5.74) is 0.428. The van der Waals surface area contributed by atoms with E-state index in [0.717, 1.165) is 17.6 Å². The number of aryl methyl sites for hydroxylation is 1. The first-order valence-corrected chi connectivity index (χ1v) is 10.5. The Hall–Kier alpha value is -1.64. The molecule has 1 aliphatic rings. The van der Waals surface area contributed by atoms with E-state index in [2.05, 4.69) is 4.72 Å². The van der Waals surface area contributed by atoms with Crippen LogP contribution in [0.15, 0.2) is 24.3 Å². The molecule has 0 aliphatic carbocycles. The van der Waals surface area contributed by atoms with Gasteiger partial charge in [0.2, 0.25) is 15.9 Å². The lowest BCUT2D eigenvalue weighted by molar-refractivity contribution is -0.130. The van der Waals surface area contributed by atoms with E-state index in [1.54, 1.807) is 19.1 Å². The maximum absolute atomic E-state index is 12.6. The van der Waals surface area contributed by atoms with Crippen molar-refractivity contribution in [1.82, 2.24) is 9.62 Å². The van der Waals surface area contributed by atoms with E-state index in [-0.39, 0.29) is 5.91 Å². The minimum atomic E-state index is -3.36. The Labute approximate surface area is 155 Å². The maximum atomic E-state index is 12.6. The van der Waals surface area contributed by atoms with Crippen LogP contribution < -0.4 is 9.46 Å². The van der Waals surface area contributed by atoms with E-state index in [0.29, 0.717) is 45.4 Å². The molecule has 1 aliphatic heterocycles. The van der Waals surface area contributed by atoms with Crippen molar-refractivity contribution in [2.24, 2.45) is 0 Å². The van der Waals surface area contributed by atoms with Gasteiger partial charge in [-0.15, -0.1) is 0 Å². The topological polar surface area (TPSA) is 84.9 Å². The molecule has 0 radical (unpaired) electrons. The number of nitrogens with one attached hydrogen (secondary N) is 1. The standard InChI is InChI=1S/C18H28N2O5S/c1-24-13-11-18(19-26(3,22)23)10-12-20(14-18)17(21)9-6-15-4-7-16(25-2)8-5-15/h4-5,7-8,19H,6,9-14H2,1-3H3. The molecular formula is C18H28N2O5S. The molecule has 1 amide bonds. The van der Waals surface area contributed by atoms with Crippen LogP contribution in [0.2, 0.25) is 0 Å². The van der Waals surface area contributed by atoms with Gasteiger partial charge in [-0.2, -0.15) is 0 Å². The number of nitrogens with zero attached hydrogens (tertiary/aromatic N) is 1. The third-order valence-corrected chi connectivity index (χ3v) is 5.48. The zero-order valence-electron chi connectivity index (χ0n) is 15.7. The summed E-state index contributed by atoms with van der Waals surface area (Å²) in [4.78, 5) is 14.3. The second-order valence-corrected chi connectivity index (χ2v) is 8.56. The van der Waals surface area contributed by atoms with Crippen LogP contribution in [-0.2, 0) is 26.0 Å². The summed E-state index contributed by atoms with van der Waals surface area (Å²) in [5.74, 6) is 0.824. The molecule has 26 heavy (non-hydrogen) atoms. The van der Waals surface area contributed by atoms with Gasteiger partial charge < -0.3 is 14.4 Å². The van der Waals surface area contributed by atoms with Gasteiger partial charge in [0.05, 0.1) is 18.9 Å². The van der Waals surface area contributed by atoms with E-state index >= 15 is 0 Å². The molecule has 0 bridgehead atoms. The zero-order valence-corrected chi connectivity index (χ0v) is 16.5. The lowest BCUT2D eigenvalue weighted by atomic mass is 9.96. The first-order valence-electron chi connectivity index (χ1n) is 8.65. The molecule has 1 aromatic rings. The number of hydrogen-bond acceptors (Lipinski definition) is 5. The molecular weight excluding hydrogens is 356 g/mol. The summed E-state index contributed by atoms with van der Waals surface area (Å²) in [6.07, 6.45) is 3.32. The van der Waals surface area contributed by atoms with Gasteiger partial charge in [0.15, 0.2) is 0 Å². The van der Waals surface area contributed by atoms with E-state index in [4.69, 9.17) is 9.47 Å². The van der Waals surface area contributed by atoms with Crippen LogP contribution in [0.5, 0.6) is 5.75 Å². The average molecular weight is 384 g/mol. The van der Waals surface area contributed by atoms with Gasteiger partial charge >= 0.3 is 0 Å². The predicted octanol–water partition coefficient (Wildman–Crippen LogP) is 1.18. The smallest absolute Gasteiger partial charge is 0.222 e. The van der Waals surface area contributed by atoms with Crippen molar-refractivity contribution in [1.29, 1.82) is 0 Å². The number of amides is 1. The fraction of sp³-hybridized carbons (Fsp3) is 0.611. The third-order valence-electron chi connectivity index (χ3n) is 4.68. The molecule has 1 aromatic carbocycles. The Kier molecular flexibility index (Phi) is 7.02. The number of likely N-dealkylation sites (tertiary alicyclic amines) is 1. The molecule has 1 atom stereocenters. The summed E-state index contributed by atoms with van der Waals surface area (Å²) >= 11 is 0. The lowest BCUT2D eigenvalue weighted by Crippen LogP contribution is -2.51. The fourth-order valence-electron chi connectivity index (χ4n) is 3.32. The number of carbonyl (C=O) groups is 1. The van der Waals surface area contributed by atoms with E-state index in [1.165, 1.54) is 0 Å². The van der Waals surface area contributed by atoms with Crippen molar-refractivity contribution in [3.63, 3.8) is 0 Å². The summed E-state index contributed by atoms with van der Waals surface area (Å²) < 4.78 is 36.4. The second kappa shape index (κ2) is 8.83. The number of methoxy groups -OCH3 is 2. The van der Waals surface area contributed by atoms with Crippen molar-refractivity contribution in [3.8, 4) is 5.75 Å². The Morgan fingerprint density at radius 3 is 2.54 bits per heavy atom. The maximum Gasteiger partial charge on any atom is 0.222 e. The number of hydrogen-bond donors (Lipinski definition) is 1. The summed E-state index contributed by atoms with van der Waals surface area (Å²) in [5, 5.41) is 0. The van der Waals surface area contributed by atoms with Crippen molar-refractivity contribution in [2.75, 3.05) is 40.2 Å². The summed E-state index contributed by atoms with van der Waals surface area (Å²) in [6.45, 7) is 1.37. The minimum absolute atomic E-state index is 0.0374. The fourth-order valence-corrected chi connectivity index (χ4v) is 4.37. The SMILES string of the molecule is COCCC1(NS(C)(=O)=O)CCN(C(=O)CCc2ccc(OC)cc2)C1. The molecule has 8 heteroatoms. The van der Waals surface area contributed by atoms with Gasteiger partial charge in [-0.1, -0.05) is 12.1 Å². The highest BCUT2D eigenvalue weighted by Gasteiger charge is 2.41. The number of rotatable bonds is 9. The zero-order chi connectivity index (χ0) is 19.2. The van der Waals surface area contributed by atoms with Crippen LogP contribution in [0.3, 0.4) is 0 Å². The number of carbonyl (C=O) groups excluding carboxylic acids is 1. The van der Waals surface area contributed by atoms with Gasteiger partial charge in [-0.05, 0) is 37.0 Å². The Morgan fingerprint density at radius 2 is 1.96 bits per heavy atom. The Balaban J connectivity index is 1.94. The van der Waals surface area contributed by atoms with Crippen LogP contribution in [0.4, 0.5) is 0 Å². The normalized spacial score (nSPS) is 20.3. The second-order valence-electron chi connectivity index (χ2n) is 6.81. The van der Waals surface area contributed by atoms with Crippen molar-refractivity contribution in [3.05, 3.63) is 29.8 Å². The van der Waals surface area contributed by atoms with Crippen LogP contribution in [0, 0.1) is 0 Å². The molecule has 0 spiro atoms. The van der Waals surface area contributed by atoms with Gasteiger partial charge in [-0.25, -0.2) is 13.1 Å². The van der Waals surface area contributed by atoms with Gasteiger partial charge in [0.1, 0.15) is 5.75 Å². The molecule has 2 rings (SSSR count). The van der Waals surface area contributed by atoms with Crippen molar-refractivity contribution < 1.29 is 22.7 Å².